The maximum absolute atomic E-state index is 13.4. The fraction of sp³-hybridized carbons (Fsp3) is 0.364. The summed E-state index contributed by atoms with van der Waals surface area (Å²) in [4.78, 5) is 21.7. The number of rotatable bonds is 5. The van der Waals surface area contributed by atoms with Gasteiger partial charge in [-0.3, -0.25) is 14.9 Å². The van der Waals surface area contributed by atoms with Crippen molar-refractivity contribution in [3.8, 4) is 0 Å². The van der Waals surface area contributed by atoms with Crippen molar-refractivity contribution in [3.05, 3.63) is 34.1 Å². The number of benzene rings is 1. The van der Waals surface area contributed by atoms with Crippen LogP contribution < -0.4 is 4.72 Å². The maximum Gasteiger partial charge on any atom is 0.324 e. The van der Waals surface area contributed by atoms with Crippen molar-refractivity contribution in [2.75, 3.05) is 14.1 Å². The Morgan fingerprint density at radius 1 is 1.43 bits per heavy atom. The number of halogens is 1. The topological polar surface area (TPSA) is 110 Å². The highest BCUT2D eigenvalue weighted by Gasteiger charge is 2.31. The summed E-state index contributed by atoms with van der Waals surface area (Å²) in [5.74, 6) is -1.81. The van der Waals surface area contributed by atoms with Gasteiger partial charge in [-0.1, -0.05) is 6.07 Å². The van der Waals surface area contributed by atoms with E-state index >= 15 is 0 Å². The first kappa shape index (κ1) is 17.0. The van der Waals surface area contributed by atoms with E-state index in [4.69, 9.17) is 0 Å². The van der Waals surface area contributed by atoms with Gasteiger partial charge in [0.25, 0.3) is 0 Å². The number of nitrogens with one attached hydrogen (secondary N) is 1. The molecule has 0 heterocycles. The molecule has 116 valence electrons. The molecule has 1 rings (SSSR count). The van der Waals surface area contributed by atoms with Crippen LogP contribution in [0.5, 0.6) is 0 Å². The van der Waals surface area contributed by atoms with Gasteiger partial charge in [-0.15, -0.1) is 0 Å². The molecule has 1 N–H and O–H groups in total. The summed E-state index contributed by atoms with van der Waals surface area (Å²) in [6, 6.07) is 1.57. The molecule has 0 spiro atoms. The van der Waals surface area contributed by atoms with Crippen molar-refractivity contribution in [1.82, 2.24) is 9.62 Å². The Bertz CT molecular complexity index is 674. The second-order valence-corrected chi connectivity index (χ2v) is 6.10. The molecule has 0 aliphatic carbocycles. The van der Waals surface area contributed by atoms with E-state index in [1.165, 1.54) is 21.0 Å². The van der Waals surface area contributed by atoms with Crippen LogP contribution in [0, 0.1) is 15.9 Å². The molecule has 0 fully saturated rings. The lowest BCUT2D eigenvalue weighted by atomic mass is 10.3. The molecule has 0 saturated heterocycles. The zero-order valence-electron chi connectivity index (χ0n) is 11.5. The molecule has 1 unspecified atom stereocenters. The van der Waals surface area contributed by atoms with Crippen molar-refractivity contribution >= 4 is 21.6 Å². The Morgan fingerprint density at radius 2 is 2.00 bits per heavy atom. The molecule has 10 heteroatoms. The Hall–Kier alpha value is -2.07. The largest absolute Gasteiger partial charge is 0.347 e. The third kappa shape index (κ3) is 3.73. The Morgan fingerprint density at radius 3 is 2.48 bits per heavy atom. The third-order valence-electron chi connectivity index (χ3n) is 2.56. The number of nitrogens with zero attached hydrogens (tertiary/aromatic N) is 2. The minimum absolute atomic E-state index is 0.544. The van der Waals surface area contributed by atoms with Gasteiger partial charge in [-0.2, -0.15) is 9.11 Å². The van der Waals surface area contributed by atoms with E-state index in [2.05, 4.69) is 0 Å². The van der Waals surface area contributed by atoms with Crippen LogP contribution in [-0.4, -0.2) is 44.3 Å². The number of nitro groups is 1. The van der Waals surface area contributed by atoms with Gasteiger partial charge in [-0.05, 0) is 19.1 Å². The molecule has 0 aliphatic rings. The predicted octanol–water partition coefficient (Wildman–Crippen LogP) is 0.489. The molecular formula is C11H14FN3O5S. The van der Waals surface area contributed by atoms with E-state index in [0.717, 1.165) is 23.1 Å². The van der Waals surface area contributed by atoms with Crippen molar-refractivity contribution in [2.24, 2.45) is 0 Å². The number of carbonyl (C=O) groups is 1. The summed E-state index contributed by atoms with van der Waals surface area (Å²) < 4.78 is 39.6. The third-order valence-corrected chi connectivity index (χ3v) is 4.14. The van der Waals surface area contributed by atoms with E-state index in [1.807, 2.05) is 4.72 Å². The van der Waals surface area contributed by atoms with Gasteiger partial charge in [0.1, 0.15) is 0 Å². The van der Waals surface area contributed by atoms with E-state index in [-0.39, 0.29) is 0 Å². The van der Waals surface area contributed by atoms with Gasteiger partial charge in [0.2, 0.25) is 21.7 Å². The first-order valence-electron chi connectivity index (χ1n) is 5.74. The molecular weight excluding hydrogens is 305 g/mol. The second-order valence-electron chi connectivity index (χ2n) is 4.42. The van der Waals surface area contributed by atoms with Gasteiger partial charge in [0.15, 0.2) is 4.90 Å². The van der Waals surface area contributed by atoms with Crippen molar-refractivity contribution in [3.63, 3.8) is 0 Å². The van der Waals surface area contributed by atoms with Gasteiger partial charge < -0.3 is 4.90 Å². The van der Waals surface area contributed by atoms with Crippen LogP contribution in [0.4, 0.5) is 10.1 Å². The van der Waals surface area contributed by atoms with Crippen LogP contribution in [0.15, 0.2) is 23.1 Å². The molecule has 0 saturated carbocycles. The van der Waals surface area contributed by atoms with Crippen LogP contribution in [0.1, 0.15) is 6.92 Å². The molecule has 0 radical (unpaired) electrons. The summed E-state index contributed by atoms with van der Waals surface area (Å²) in [5, 5.41) is 10.8. The number of hydrogen-bond acceptors (Lipinski definition) is 5. The van der Waals surface area contributed by atoms with Crippen LogP contribution in [0.3, 0.4) is 0 Å². The number of amides is 1. The minimum atomic E-state index is -4.42. The van der Waals surface area contributed by atoms with Gasteiger partial charge in [0, 0.05) is 14.1 Å². The quantitative estimate of drug-likeness (QED) is 0.627. The highest BCUT2D eigenvalue weighted by molar-refractivity contribution is 7.89. The number of sulfonamides is 1. The fourth-order valence-electron chi connectivity index (χ4n) is 1.62. The van der Waals surface area contributed by atoms with Gasteiger partial charge in [-0.25, -0.2) is 8.42 Å². The lowest BCUT2D eigenvalue weighted by Crippen LogP contribution is -2.44. The molecule has 1 amide bonds. The molecule has 0 aliphatic heterocycles. The molecule has 0 bridgehead atoms. The lowest BCUT2D eigenvalue weighted by Gasteiger charge is -2.18. The van der Waals surface area contributed by atoms with Crippen LogP contribution in [0.2, 0.25) is 0 Å². The Balaban J connectivity index is 3.24. The van der Waals surface area contributed by atoms with Crippen molar-refractivity contribution in [1.29, 1.82) is 0 Å². The highest BCUT2D eigenvalue weighted by atomic mass is 32.2. The summed E-state index contributed by atoms with van der Waals surface area (Å²) >= 11 is 0. The van der Waals surface area contributed by atoms with E-state index in [1.54, 1.807) is 0 Å². The van der Waals surface area contributed by atoms with Crippen LogP contribution in [0.25, 0.3) is 0 Å². The number of nitro benzene ring substituents is 1. The number of hydrogen-bond donors (Lipinski definition) is 1. The number of likely N-dealkylation sites (N-methyl/N-ethyl adjacent to an activating group) is 1. The summed E-state index contributed by atoms with van der Waals surface area (Å²) in [6.45, 7) is 1.28. The molecule has 1 aromatic rings. The van der Waals surface area contributed by atoms with Crippen LogP contribution >= 0.6 is 0 Å². The zero-order chi connectivity index (χ0) is 16.4. The Kier molecular flexibility index (Phi) is 4.97. The van der Waals surface area contributed by atoms with Crippen LogP contribution in [-0.2, 0) is 14.8 Å². The Labute approximate surface area is 120 Å². The molecule has 0 aromatic heterocycles. The minimum Gasteiger partial charge on any atom is -0.347 e. The average Bonchev–Trinajstić information content (AvgIpc) is 2.36. The number of para-hydroxylation sites is 1. The van der Waals surface area contributed by atoms with E-state index in [9.17, 15) is 27.7 Å². The van der Waals surface area contributed by atoms with E-state index < -0.39 is 43.3 Å². The summed E-state index contributed by atoms with van der Waals surface area (Å²) in [6.07, 6.45) is 0. The first-order valence-corrected chi connectivity index (χ1v) is 7.22. The molecule has 1 atom stereocenters. The monoisotopic (exact) mass is 319 g/mol. The highest BCUT2D eigenvalue weighted by Crippen LogP contribution is 2.26. The summed E-state index contributed by atoms with van der Waals surface area (Å²) in [5.41, 5.74) is -1.16. The average molecular weight is 319 g/mol. The van der Waals surface area contributed by atoms with Crippen molar-refractivity contribution < 1.29 is 22.5 Å². The SMILES string of the molecule is CC(NS(=O)(=O)c1cccc(F)c1[N+](=O)[O-])C(=O)N(C)C. The van der Waals surface area contributed by atoms with Crippen molar-refractivity contribution in [2.45, 2.75) is 17.9 Å². The van der Waals surface area contributed by atoms with Gasteiger partial charge in [0.05, 0.1) is 11.0 Å². The normalized spacial score (nSPS) is 12.8. The molecule has 8 nitrogen and oxygen atoms in total. The van der Waals surface area contributed by atoms with E-state index in [0.29, 0.717) is 0 Å². The summed E-state index contributed by atoms with van der Waals surface area (Å²) in [7, 11) is -1.56. The smallest absolute Gasteiger partial charge is 0.324 e. The number of carbonyl (C=O) groups excluding carboxylic acids is 1. The standard InChI is InChI=1S/C11H14FN3O5S/c1-7(11(16)14(2)3)13-21(19,20)9-6-4-5-8(12)10(9)15(17)18/h4-7,13H,1-3H3. The maximum atomic E-state index is 13.4. The fourth-order valence-corrected chi connectivity index (χ4v) is 3.00. The first-order chi connectivity index (χ1) is 9.58. The zero-order valence-corrected chi connectivity index (χ0v) is 12.3. The predicted molar refractivity (Wildman–Crippen MR) is 71.5 cm³/mol. The molecule has 21 heavy (non-hydrogen) atoms. The molecule has 1 aromatic carbocycles. The van der Waals surface area contributed by atoms with Gasteiger partial charge >= 0.3 is 5.69 Å². The second kappa shape index (κ2) is 6.14. The lowest BCUT2D eigenvalue weighted by molar-refractivity contribution is -0.390.